The zero-order chi connectivity index (χ0) is 18.1. The summed E-state index contributed by atoms with van der Waals surface area (Å²) < 4.78 is 1.98. The maximum Gasteiger partial charge on any atom is 0.181 e. The van der Waals surface area contributed by atoms with Gasteiger partial charge in [0.15, 0.2) is 23.0 Å². The maximum atomic E-state index is 9.86. The van der Waals surface area contributed by atoms with Crippen LogP contribution in [-0.2, 0) is 0 Å². The fraction of sp³-hybridized carbons (Fsp3) is 0.111. The van der Waals surface area contributed by atoms with Crippen molar-refractivity contribution in [1.82, 2.24) is 19.2 Å². The normalized spacial score (nSPS) is 11.3. The van der Waals surface area contributed by atoms with E-state index in [1.54, 1.807) is 12.3 Å². The number of aromatic hydroxyl groups is 2. The number of nitrogens with one attached hydrogen (secondary N) is 2. The van der Waals surface area contributed by atoms with Crippen LogP contribution in [0.5, 0.6) is 11.5 Å². The van der Waals surface area contributed by atoms with E-state index in [2.05, 4.69) is 20.1 Å². The highest BCUT2D eigenvalue weighted by atomic mass is 35.5. The van der Waals surface area contributed by atoms with Crippen LogP contribution in [-0.4, -0.2) is 37.7 Å². The summed E-state index contributed by atoms with van der Waals surface area (Å²) in [6.07, 6.45) is 1.72. The number of para-hydroxylation sites is 2. The molecule has 0 bridgehead atoms. The molecular formula is C18H16ClN5O2. The lowest BCUT2D eigenvalue weighted by Gasteiger charge is -2.11. The van der Waals surface area contributed by atoms with Crippen LogP contribution in [0, 0.1) is 0 Å². The number of hydrogen-bond acceptors (Lipinski definition) is 6. The number of aromatic nitrogens is 3. The summed E-state index contributed by atoms with van der Waals surface area (Å²) in [5.74, 6) is 0.303. The Labute approximate surface area is 154 Å². The average Bonchev–Trinajstić information content (AvgIpc) is 3.10. The molecule has 8 heteroatoms. The van der Waals surface area contributed by atoms with E-state index in [-0.39, 0.29) is 11.5 Å². The summed E-state index contributed by atoms with van der Waals surface area (Å²) in [6, 6.07) is 12.5. The third-order valence-corrected chi connectivity index (χ3v) is 4.30. The highest BCUT2D eigenvalue weighted by molar-refractivity contribution is 6.13. The first-order chi connectivity index (χ1) is 12.7. The minimum Gasteiger partial charge on any atom is -0.504 e. The topological polar surface area (TPSA) is 94.7 Å². The first kappa shape index (κ1) is 16.4. The molecule has 0 amide bonds. The van der Waals surface area contributed by atoms with E-state index in [1.165, 1.54) is 12.1 Å². The second kappa shape index (κ2) is 6.70. The van der Waals surface area contributed by atoms with Crippen LogP contribution in [0.1, 0.15) is 0 Å². The highest BCUT2D eigenvalue weighted by Crippen LogP contribution is 2.33. The standard InChI is InChI=1S/C18H16ClN5O2/c19-22-8-7-20-17-18-21-10-14(11-5-6-15(25)16(26)9-11)24(18)13-4-2-1-3-12(13)23-17/h1-6,9-10,22,25-26H,7-8H2,(H,20,23). The third-order valence-electron chi connectivity index (χ3n) is 4.11. The van der Waals surface area contributed by atoms with Gasteiger partial charge in [0.2, 0.25) is 0 Å². The summed E-state index contributed by atoms with van der Waals surface area (Å²) in [5.41, 5.74) is 3.89. The van der Waals surface area contributed by atoms with E-state index in [1.807, 2.05) is 28.7 Å². The van der Waals surface area contributed by atoms with Crippen molar-refractivity contribution in [2.45, 2.75) is 0 Å². The fourth-order valence-corrected chi connectivity index (χ4v) is 3.01. The van der Waals surface area contributed by atoms with Gasteiger partial charge in [0.25, 0.3) is 0 Å². The predicted molar refractivity (Wildman–Crippen MR) is 102 cm³/mol. The molecule has 0 aliphatic carbocycles. The Hall–Kier alpha value is -3.03. The van der Waals surface area contributed by atoms with Crippen molar-refractivity contribution in [2.24, 2.45) is 0 Å². The molecule has 0 fully saturated rings. The smallest absolute Gasteiger partial charge is 0.181 e. The zero-order valence-electron chi connectivity index (χ0n) is 13.6. The van der Waals surface area contributed by atoms with Gasteiger partial charge in [0.1, 0.15) is 0 Å². The molecule has 0 aliphatic heterocycles. The Morgan fingerprint density at radius 2 is 1.88 bits per heavy atom. The molecule has 0 aliphatic rings. The first-order valence-corrected chi connectivity index (χ1v) is 8.43. The molecular weight excluding hydrogens is 354 g/mol. The quantitative estimate of drug-likeness (QED) is 0.245. The first-order valence-electron chi connectivity index (χ1n) is 8.05. The van der Waals surface area contributed by atoms with Crippen molar-refractivity contribution < 1.29 is 10.2 Å². The molecule has 2 aromatic carbocycles. The number of hydrogen-bond donors (Lipinski definition) is 4. The molecule has 4 rings (SSSR count). The molecule has 0 saturated carbocycles. The second-order valence-electron chi connectivity index (χ2n) is 5.77. The Morgan fingerprint density at radius 1 is 1.04 bits per heavy atom. The molecule has 0 unspecified atom stereocenters. The lowest BCUT2D eigenvalue weighted by molar-refractivity contribution is 0.404. The van der Waals surface area contributed by atoms with E-state index in [0.29, 0.717) is 24.6 Å². The molecule has 2 aromatic heterocycles. The number of anilines is 1. The SMILES string of the molecule is Oc1ccc(-c2cnc3c(NCCNCl)nc4ccccc4n23)cc1O. The number of fused-ring (bicyclic) bond motifs is 3. The number of rotatable bonds is 5. The van der Waals surface area contributed by atoms with Gasteiger partial charge >= 0.3 is 0 Å². The van der Waals surface area contributed by atoms with Crippen LogP contribution in [0.3, 0.4) is 0 Å². The Morgan fingerprint density at radius 3 is 2.69 bits per heavy atom. The molecule has 7 nitrogen and oxygen atoms in total. The average molecular weight is 370 g/mol. The van der Waals surface area contributed by atoms with Crippen LogP contribution < -0.4 is 10.2 Å². The molecule has 4 N–H and O–H groups in total. The second-order valence-corrected chi connectivity index (χ2v) is 6.03. The van der Waals surface area contributed by atoms with E-state index in [0.717, 1.165) is 22.3 Å². The summed E-state index contributed by atoms with van der Waals surface area (Å²) in [7, 11) is 0. The van der Waals surface area contributed by atoms with E-state index in [9.17, 15) is 10.2 Å². The summed E-state index contributed by atoms with van der Waals surface area (Å²) >= 11 is 5.52. The third kappa shape index (κ3) is 2.77. The van der Waals surface area contributed by atoms with E-state index >= 15 is 0 Å². The Balaban J connectivity index is 1.96. The van der Waals surface area contributed by atoms with E-state index in [4.69, 9.17) is 11.8 Å². The van der Waals surface area contributed by atoms with Gasteiger partial charge < -0.3 is 15.5 Å². The van der Waals surface area contributed by atoms with Crippen LogP contribution >= 0.6 is 11.8 Å². The number of halogens is 1. The number of nitrogens with zero attached hydrogens (tertiary/aromatic N) is 3. The van der Waals surface area contributed by atoms with Crippen molar-refractivity contribution >= 4 is 34.3 Å². The van der Waals surface area contributed by atoms with Gasteiger partial charge in [-0.15, -0.1) is 0 Å². The van der Waals surface area contributed by atoms with Gasteiger partial charge in [-0.3, -0.25) is 4.40 Å². The van der Waals surface area contributed by atoms with Gasteiger partial charge in [0, 0.05) is 18.7 Å². The van der Waals surface area contributed by atoms with Crippen LogP contribution in [0.4, 0.5) is 5.82 Å². The lowest BCUT2D eigenvalue weighted by atomic mass is 10.1. The van der Waals surface area contributed by atoms with Gasteiger partial charge in [-0.1, -0.05) is 12.1 Å². The minimum absolute atomic E-state index is 0.162. The molecule has 2 heterocycles. The molecule has 0 radical (unpaired) electrons. The Kier molecular flexibility index (Phi) is 4.24. The summed E-state index contributed by atoms with van der Waals surface area (Å²) in [6.45, 7) is 1.16. The largest absolute Gasteiger partial charge is 0.504 e. The number of benzene rings is 2. The van der Waals surface area contributed by atoms with Crippen molar-refractivity contribution in [2.75, 3.05) is 18.4 Å². The van der Waals surface area contributed by atoms with E-state index < -0.39 is 0 Å². The molecule has 0 saturated heterocycles. The van der Waals surface area contributed by atoms with Gasteiger partial charge in [-0.25, -0.2) is 14.8 Å². The van der Waals surface area contributed by atoms with Gasteiger partial charge in [-0.2, -0.15) is 0 Å². The zero-order valence-corrected chi connectivity index (χ0v) is 14.4. The molecule has 4 aromatic rings. The van der Waals surface area contributed by atoms with Crippen molar-refractivity contribution in [3.05, 3.63) is 48.7 Å². The number of phenols is 2. The minimum atomic E-state index is -0.178. The number of phenolic OH excluding ortho intramolecular Hbond substituents is 2. The molecule has 26 heavy (non-hydrogen) atoms. The van der Waals surface area contributed by atoms with Crippen LogP contribution in [0.15, 0.2) is 48.7 Å². The summed E-state index contributed by atoms with van der Waals surface area (Å²) in [5, 5.41) is 22.7. The van der Waals surface area contributed by atoms with Crippen LogP contribution in [0.2, 0.25) is 0 Å². The highest BCUT2D eigenvalue weighted by Gasteiger charge is 2.15. The number of imidazole rings is 1. The van der Waals surface area contributed by atoms with Crippen molar-refractivity contribution in [3.8, 4) is 22.8 Å². The molecule has 132 valence electrons. The van der Waals surface area contributed by atoms with Gasteiger partial charge in [-0.05, 0) is 42.1 Å². The predicted octanol–water partition coefficient (Wildman–Crippen LogP) is 3.12. The van der Waals surface area contributed by atoms with Crippen molar-refractivity contribution in [3.63, 3.8) is 0 Å². The maximum absolute atomic E-state index is 9.86. The van der Waals surface area contributed by atoms with Crippen molar-refractivity contribution in [1.29, 1.82) is 0 Å². The van der Waals surface area contributed by atoms with Gasteiger partial charge in [0.05, 0.1) is 22.9 Å². The Bertz CT molecular complexity index is 1100. The van der Waals surface area contributed by atoms with Crippen LogP contribution in [0.25, 0.3) is 27.9 Å². The molecule has 0 atom stereocenters. The lowest BCUT2D eigenvalue weighted by Crippen LogP contribution is -2.15. The fourth-order valence-electron chi connectivity index (χ4n) is 2.91. The molecule has 0 spiro atoms. The monoisotopic (exact) mass is 369 g/mol. The summed E-state index contributed by atoms with van der Waals surface area (Å²) in [4.78, 5) is 11.7.